The first kappa shape index (κ1) is 8.68. The second-order valence-corrected chi connectivity index (χ2v) is 2.82. The fourth-order valence-electron chi connectivity index (χ4n) is 1.11. The standard InChI is InChI=1S/C9H7FN2O2/c10-7-3-1-6(2-4-7)5-8-11-9(13)12-14-8/h1-4H,5H2,(H,12,13). The van der Waals surface area contributed by atoms with Gasteiger partial charge in [0.1, 0.15) is 5.82 Å². The van der Waals surface area contributed by atoms with Crippen LogP contribution in [0.5, 0.6) is 0 Å². The summed E-state index contributed by atoms with van der Waals surface area (Å²) in [5, 5.41) is 2.08. The summed E-state index contributed by atoms with van der Waals surface area (Å²) >= 11 is 0. The Morgan fingerprint density at radius 1 is 1.36 bits per heavy atom. The largest absolute Gasteiger partial charge is 0.377 e. The van der Waals surface area contributed by atoms with Gasteiger partial charge in [0.05, 0.1) is 6.42 Å². The van der Waals surface area contributed by atoms with Gasteiger partial charge in [-0.3, -0.25) is 0 Å². The first-order valence-corrected chi connectivity index (χ1v) is 4.03. The maximum absolute atomic E-state index is 12.5. The van der Waals surface area contributed by atoms with E-state index in [9.17, 15) is 9.18 Å². The third-order valence-electron chi connectivity index (χ3n) is 1.75. The topological polar surface area (TPSA) is 58.9 Å². The Hall–Kier alpha value is -1.91. The number of aromatic nitrogens is 2. The van der Waals surface area contributed by atoms with Gasteiger partial charge in [0.15, 0.2) is 0 Å². The second kappa shape index (κ2) is 3.45. The molecule has 4 nitrogen and oxygen atoms in total. The minimum atomic E-state index is -0.512. The Labute approximate surface area is 78.4 Å². The van der Waals surface area contributed by atoms with Gasteiger partial charge in [0.25, 0.3) is 0 Å². The van der Waals surface area contributed by atoms with Crippen LogP contribution in [0.3, 0.4) is 0 Å². The zero-order valence-corrected chi connectivity index (χ0v) is 7.16. The van der Waals surface area contributed by atoms with E-state index >= 15 is 0 Å². The van der Waals surface area contributed by atoms with Crippen molar-refractivity contribution in [1.29, 1.82) is 0 Å². The monoisotopic (exact) mass is 194 g/mol. The van der Waals surface area contributed by atoms with Crippen LogP contribution in [-0.2, 0) is 6.42 Å². The lowest BCUT2D eigenvalue weighted by Crippen LogP contribution is -2.01. The molecule has 14 heavy (non-hydrogen) atoms. The van der Waals surface area contributed by atoms with E-state index in [-0.39, 0.29) is 5.82 Å². The third-order valence-corrected chi connectivity index (χ3v) is 1.75. The number of nitrogens with one attached hydrogen (secondary N) is 1. The summed E-state index contributed by atoms with van der Waals surface area (Å²) in [4.78, 5) is 14.2. The lowest BCUT2D eigenvalue weighted by Gasteiger charge is -1.95. The molecule has 0 radical (unpaired) electrons. The van der Waals surface area contributed by atoms with Crippen molar-refractivity contribution < 1.29 is 8.91 Å². The van der Waals surface area contributed by atoms with E-state index in [2.05, 4.69) is 10.1 Å². The van der Waals surface area contributed by atoms with Crippen LogP contribution in [-0.4, -0.2) is 10.1 Å². The highest BCUT2D eigenvalue weighted by Gasteiger charge is 2.02. The Balaban J connectivity index is 2.19. The van der Waals surface area contributed by atoms with Gasteiger partial charge in [-0.15, -0.1) is 0 Å². The van der Waals surface area contributed by atoms with E-state index < -0.39 is 5.69 Å². The molecule has 0 saturated carbocycles. The molecular formula is C9H7FN2O2. The maximum atomic E-state index is 12.5. The van der Waals surface area contributed by atoms with Gasteiger partial charge in [-0.05, 0) is 17.7 Å². The lowest BCUT2D eigenvalue weighted by atomic mass is 10.1. The molecule has 1 heterocycles. The molecule has 1 N–H and O–H groups in total. The van der Waals surface area contributed by atoms with Gasteiger partial charge in [0.2, 0.25) is 5.89 Å². The van der Waals surface area contributed by atoms with Crippen molar-refractivity contribution in [3.63, 3.8) is 0 Å². The number of nitrogens with zero attached hydrogens (tertiary/aromatic N) is 1. The molecule has 0 bridgehead atoms. The Kier molecular flexibility index (Phi) is 2.14. The zero-order chi connectivity index (χ0) is 9.97. The van der Waals surface area contributed by atoms with Crippen molar-refractivity contribution in [3.8, 4) is 0 Å². The Morgan fingerprint density at radius 3 is 2.64 bits per heavy atom. The molecule has 0 amide bonds. The molecule has 2 aromatic rings. The minimum Gasteiger partial charge on any atom is -0.362 e. The van der Waals surface area contributed by atoms with E-state index in [1.54, 1.807) is 12.1 Å². The highest BCUT2D eigenvalue weighted by Crippen LogP contribution is 2.06. The highest BCUT2D eigenvalue weighted by atomic mass is 19.1. The van der Waals surface area contributed by atoms with Crippen LogP contribution in [0.4, 0.5) is 4.39 Å². The Morgan fingerprint density at radius 2 is 2.07 bits per heavy atom. The van der Waals surface area contributed by atoms with Crippen LogP contribution in [0, 0.1) is 5.82 Å². The van der Waals surface area contributed by atoms with E-state index in [1.165, 1.54) is 12.1 Å². The highest BCUT2D eigenvalue weighted by molar-refractivity contribution is 5.18. The van der Waals surface area contributed by atoms with E-state index in [4.69, 9.17) is 4.52 Å². The summed E-state index contributed by atoms with van der Waals surface area (Å²) in [5.74, 6) is -0.00108. The van der Waals surface area contributed by atoms with Crippen LogP contribution < -0.4 is 5.69 Å². The number of hydrogen-bond acceptors (Lipinski definition) is 3. The predicted octanol–water partition coefficient (Wildman–Crippen LogP) is 1.09. The molecular weight excluding hydrogens is 187 g/mol. The van der Waals surface area contributed by atoms with Crippen molar-refractivity contribution in [1.82, 2.24) is 10.1 Å². The first-order valence-electron chi connectivity index (χ1n) is 4.03. The van der Waals surface area contributed by atoms with Crippen LogP contribution in [0.25, 0.3) is 0 Å². The Bertz CT molecular complexity index is 472. The number of rotatable bonds is 2. The minimum absolute atomic E-state index is 0.293. The predicted molar refractivity (Wildman–Crippen MR) is 46.3 cm³/mol. The molecule has 0 unspecified atom stereocenters. The molecule has 0 atom stereocenters. The van der Waals surface area contributed by atoms with Crippen molar-refractivity contribution in [3.05, 3.63) is 52.0 Å². The third kappa shape index (κ3) is 1.87. The first-order chi connectivity index (χ1) is 6.74. The SMILES string of the molecule is O=c1nc(Cc2ccc(F)cc2)o[nH]1. The van der Waals surface area contributed by atoms with Crippen molar-refractivity contribution in [2.24, 2.45) is 0 Å². The van der Waals surface area contributed by atoms with Crippen LogP contribution in [0.2, 0.25) is 0 Å². The number of H-pyrrole nitrogens is 1. The van der Waals surface area contributed by atoms with Crippen molar-refractivity contribution in [2.45, 2.75) is 6.42 Å². The average molecular weight is 194 g/mol. The number of hydrogen-bond donors (Lipinski definition) is 1. The smallest absolute Gasteiger partial charge is 0.362 e. The summed E-state index contributed by atoms with van der Waals surface area (Å²) in [6.45, 7) is 0. The van der Waals surface area contributed by atoms with Gasteiger partial charge < -0.3 is 4.52 Å². The van der Waals surface area contributed by atoms with Gasteiger partial charge >= 0.3 is 5.69 Å². The molecule has 0 aliphatic heterocycles. The molecule has 0 fully saturated rings. The number of benzene rings is 1. The zero-order valence-electron chi connectivity index (χ0n) is 7.16. The molecule has 1 aromatic carbocycles. The number of aromatic amines is 1. The molecule has 0 spiro atoms. The lowest BCUT2D eigenvalue weighted by molar-refractivity contribution is 0.380. The summed E-state index contributed by atoms with van der Waals surface area (Å²) < 4.78 is 17.3. The molecule has 0 aliphatic rings. The summed E-state index contributed by atoms with van der Waals surface area (Å²) in [6, 6.07) is 5.92. The molecule has 0 saturated heterocycles. The fraction of sp³-hybridized carbons (Fsp3) is 0.111. The maximum Gasteiger partial charge on any atom is 0.377 e. The van der Waals surface area contributed by atoms with E-state index in [0.29, 0.717) is 12.3 Å². The van der Waals surface area contributed by atoms with Crippen LogP contribution in [0.15, 0.2) is 33.6 Å². The summed E-state index contributed by atoms with van der Waals surface area (Å²) in [7, 11) is 0. The fourth-order valence-corrected chi connectivity index (χ4v) is 1.11. The molecule has 72 valence electrons. The summed E-state index contributed by atoms with van der Waals surface area (Å²) in [6.07, 6.45) is 0.374. The molecule has 2 rings (SSSR count). The van der Waals surface area contributed by atoms with E-state index in [1.807, 2.05) is 0 Å². The van der Waals surface area contributed by atoms with Crippen LogP contribution >= 0.6 is 0 Å². The van der Waals surface area contributed by atoms with Gasteiger partial charge in [-0.2, -0.15) is 10.1 Å². The van der Waals surface area contributed by atoms with E-state index in [0.717, 1.165) is 5.56 Å². The molecule has 5 heteroatoms. The average Bonchev–Trinajstić information content (AvgIpc) is 2.56. The quantitative estimate of drug-likeness (QED) is 0.778. The van der Waals surface area contributed by atoms with Gasteiger partial charge in [-0.25, -0.2) is 9.18 Å². The van der Waals surface area contributed by atoms with Crippen molar-refractivity contribution >= 4 is 0 Å². The molecule has 1 aromatic heterocycles. The number of halogens is 1. The molecule has 0 aliphatic carbocycles. The normalized spacial score (nSPS) is 10.4. The van der Waals surface area contributed by atoms with Crippen molar-refractivity contribution in [2.75, 3.05) is 0 Å². The van der Waals surface area contributed by atoms with Gasteiger partial charge in [0, 0.05) is 0 Å². The summed E-state index contributed by atoms with van der Waals surface area (Å²) in [5.41, 5.74) is 0.323. The van der Waals surface area contributed by atoms with Crippen LogP contribution in [0.1, 0.15) is 11.5 Å². The van der Waals surface area contributed by atoms with Gasteiger partial charge in [-0.1, -0.05) is 12.1 Å². The second-order valence-electron chi connectivity index (χ2n) is 2.82.